The van der Waals surface area contributed by atoms with Gasteiger partial charge < -0.3 is 4.84 Å². The lowest BCUT2D eigenvalue weighted by atomic mass is 10.2. The zero-order valence-electron chi connectivity index (χ0n) is 10.1. The molecule has 0 saturated carbocycles. The Morgan fingerprint density at radius 2 is 1.86 bits per heavy atom. The predicted molar refractivity (Wildman–Crippen MR) is 60.5 cm³/mol. The van der Waals surface area contributed by atoms with Crippen LogP contribution in [0.2, 0.25) is 0 Å². The highest BCUT2D eigenvalue weighted by Crippen LogP contribution is 2.36. The lowest BCUT2D eigenvalue weighted by molar-refractivity contribution is -0.393. The quantitative estimate of drug-likeness (QED) is 0.632. The number of rotatable bonds is 3. The van der Waals surface area contributed by atoms with Crippen LogP contribution in [0.1, 0.15) is 5.82 Å². The Morgan fingerprint density at radius 1 is 1.24 bits per heavy atom. The minimum absolute atomic E-state index is 0.162. The maximum absolute atomic E-state index is 12.8. The van der Waals surface area contributed by atoms with Gasteiger partial charge in [0.25, 0.3) is 11.5 Å². The summed E-state index contributed by atoms with van der Waals surface area (Å²) < 4.78 is 38.6. The molecule has 1 aromatic carbocycles. The summed E-state index contributed by atoms with van der Waals surface area (Å²) in [5.41, 5.74) is -2.84. The van der Waals surface area contributed by atoms with Gasteiger partial charge in [-0.25, -0.2) is 4.98 Å². The molecular weight excluding hydrogens is 301 g/mol. The highest BCUT2D eigenvalue weighted by Gasteiger charge is 2.40. The van der Waals surface area contributed by atoms with Crippen molar-refractivity contribution in [3.63, 3.8) is 0 Å². The summed E-state index contributed by atoms with van der Waals surface area (Å²) in [7, 11) is 0.876. The molecule has 0 unspecified atom stereocenters. The Hall–Kier alpha value is -2.92. The molecule has 0 amide bonds. The number of non-ortho nitro benzene ring substituents is 2. The summed E-state index contributed by atoms with van der Waals surface area (Å²) in [6, 6.07) is 1.25. The Bertz CT molecular complexity index is 754. The molecule has 2 rings (SSSR count). The largest absolute Gasteiger partial charge is 0.453 e. The van der Waals surface area contributed by atoms with Crippen LogP contribution in [0.25, 0.3) is 11.0 Å². The molecule has 0 bridgehead atoms. The van der Waals surface area contributed by atoms with Gasteiger partial charge in [0, 0.05) is 6.07 Å². The van der Waals surface area contributed by atoms with Crippen LogP contribution in [0, 0.1) is 20.2 Å². The molecule has 1 aromatic heterocycles. The van der Waals surface area contributed by atoms with E-state index in [2.05, 4.69) is 9.82 Å². The van der Waals surface area contributed by atoms with E-state index in [4.69, 9.17) is 0 Å². The van der Waals surface area contributed by atoms with Gasteiger partial charge in [-0.1, -0.05) is 0 Å². The summed E-state index contributed by atoms with van der Waals surface area (Å²) in [5, 5.41) is 21.6. The molecule has 0 saturated heterocycles. The van der Waals surface area contributed by atoms with Crippen molar-refractivity contribution in [2.45, 2.75) is 6.18 Å². The SMILES string of the molecule is COn1c(C(F)(F)F)nc2c([N+](=O)[O-])cc([N+](=O)[O-])cc21. The standard InChI is InChI=1S/C9H5F3N4O5/c1-21-14-5-2-4(15(17)18)3-6(16(19)20)7(5)13-8(14)9(10,11)12/h2-3H,1H3. The summed E-state index contributed by atoms with van der Waals surface area (Å²) in [5.74, 6) is -1.55. The fourth-order valence-corrected chi connectivity index (χ4v) is 1.73. The first-order chi connectivity index (χ1) is 9.66. The second kappa shape index (κ2) is 4.57. The number of nitrogens with zero attached hydrogens (tertiary/aromatic N) is 4. The van der Waals surface area contributed by atoms with Gasteiger partial charge in [-0.3, -0.25) is 20.2 Å². The highest BCUT2D eigenvalue weighted by molar-refractivity contribution is 5.87. The third kappa shape index (κ3) is 2.30. The molecule has 0 fully saturated rings. The first-order valence-electron chi connectivity index (χ1n) is 5.13. The minimum atomic E-state index is -4.95. The predicted octanol–water partition coefficient (Wildman–Crippen LogP) is 1.93. The highest BCUT2D eigenvalue weighted by atomic mass is 19.4. The van der Waals surface area contributed by atoms with Crippen molar-refractivity contribution < 1.29 is 27.9 Å². The molecule has 0 radical (unpaired) electrons. The maximum atomic E-state index is 12.8. The second-order valence-corrected chi connectivity index (χ2v) is 3.76. The van der Waals surface area contributed by atoms with Gasteiger partial charge in [0.15, 0.2) is 5.52 Å². The van der Waals surface area contributed by atoms with Gasteiger partial charge in [0.2, 0.25) is 0 Å². The number of nitro benzene ring substituents is 2. The maximum Gasteiger partial charge on any atom is 0.453 e. The third-order valence-corrected chi connectivity index (χ3v) is 2.53. The van der Waals surface area contributed by atoms with E-state index >= 15 is 0 Å². The van der Waals surface area contributed by atoms with Crippen molar-refractivity contribution in [3.8, 4) is 0 Å². The molecule has 0 N–H and O–H groups in total. The van der Waals surface area contributed by atoms with Crippen LogP contribution < -0.4 is 4.84 Å². The van der Waals surface area contributed by atoms with Crippen LogP contribution >= 0.6 is 0 Å². The van der Waals surface area contributed by atoms with Crippen LogP contribution in [-0.4, -0.2) is 26.7 Å². The van der Waals surface area contributed by atoms with E-state index in [1.165, 1.54) is 0 Å². The Balaban J connectivity index is 2.93. The van der Waals surface area contributed by atoms with Crippen LogP contribution in [-0.2, 0) is 6.18 Å². The van der Waals surface area contributed by atoms with Gasteiger partial charge in [-0.15, -0.1) is 0 Å². The average molecular weight is 306 g/mol. The van der Waals surface area contributed by atoms with Crippen molar-refractivity contribution in [1.29, 1.82) is 0 Å². The lowest BCUT2D eigenvalue weighted by Gasteiger charge is -2.08. The number of nitro groups is 2. The Labute approximate surface area is 112 Å². The number of hydrogen-bond donors (Lipinski definition) is 0. The number of fused-ring (bicyclic) bond motifs is 1. The van der Waals surface area contributed by atoms with Crippen molar-refractivity contribution >= 4 is 22.4 Å². The molecule has 0 aliphatic heterocycles. The lowest BCUT2D eigenvalue weighted by Crippen LogP contribution is -2.18. The second-order valence-electron chi connectivity index (χ2n) is 3.76. The number of imidazole rings is 1. The van der Waals surface area contributed by atoms with Gasteiger partial charge in [0.1, 0.15) is 12.6 Å². The van der Waals surface area contributed by atoms with Crippen LogP contribution in [0.4, 0.5) is 24.5 Å². The molecular formula is C9H5F3N4O5. The van der Waals surface area contributed by atoms with E-state index in [9.17, 15) is 33.4 Å². The minimum Gasteiger partial charge on any atom is -0.415 e. The topological polar surface area (TPSA) is 113 Å². The molecule has 21 heavy (non-hydrogen) atoms. The summed E-state index contributed by atoms with van der Waals surface area (Å²) >= 11 is 0. The normalized spacial score (nSPS) is 11.6. The summed E-state index contributed by atoms with van der Waals surface area (Å²) in [4.78, 5) is 27.2. The Kier molecular flexibility index (Phi) is 3.15. The van der Waals surface area contributed by atoms with E-state index in [-0.39, 0.29) is 4.73 Å². The molecule has 0 spiro atoms. The van der Waals surface area contributed by atoms with E-state index in [0.717, 1.165) is 7.11 Å². The van der Waals surface area contributed by atoms with Crippen molar-refractivity contribution in [2.75, 3.05) is 7.11 Å². The van der Waals surface area contributed by atoms with Crippen molar-refractivity contribution in [2.24, 2.45) is 0 Å². The number of halogens is 3. The van der Waals surface area contributed by atoms with Crippen LogP contribution in [0.5, 0.6) is 0 Å². The van der Waals surface area contributed by atoms with Gasteiger partial charge >= 0.3 is 11.9 Å². The number of aromatic nitrogens is 2. The summed E-state index contributed by atoms with van der Waals surface area (Å²) in [6.45, 7) is 0. The van der Waals surface area contributed by atoms with Crippen LogP contribution in [0.3, 0.4) is 0 Å². The fourth-order valence-electron chi connectivity index (χ4n) is 1.73. The van der Waals surface area contributed by atoms with Crippen molar-refractivity contribution in [3.05, 3.63) is 38.2 Å². The van der Waals surface area contributed by atoms with E-state index < -0.39 is 44.3 Å². The number of alkyl halides is 3. The first kappa shape index (κ1) is 14.5. The molecule has 0 aliphatic carbocycles. The average Bonchev–Trinajstić information content (AvgIpc) is 2.75. The zero-order chi connectivity index (χ0) is 15.9. The van der Waals surface area contributed by atoms with Crippen molar-refractivity contribution in [1.82, 2.24) is 9.71 Å². The smallest absolute Gasteiger partial charge is 0.415 e. The number of benzene rings is 1. The molecule has 112 valence electrons. The molecule has 1 heterocycles. The summed E-state index contributed by atoms with van der Waals surface area (Å²) in [6.07, 6.45) is -4.95. The van der Waals surface area contributed by atoms with Crippen LogP contribution in [0.15, 0.2) is 12.1 Å². The number of hydrogen-bond acceptors (Lipinski definition) is 6. The fraction of sp³-hybridized carbons (Fsp3) is 0.222. The van der Waals surface area contributed by atoms with Gasteiger partial charge in [0.05, 0.1) is 15.9 Å². The molecule has 9 nitrogen and oxygen atoms in total. The van der Waals surface area contributed by atoms with E-state index in [0.29, 0.717) is 12.1 Å². The monoisotopic (exact) mass is 306 g/mol. The van der Waals surface area contributed by atoms with E-state index in [1.54, 1.807) is 0 Å². The molecule has 12 heteroatoms. The zero-order valence-corrected chi connectivity index (χ0v) is 10.1. The molecule has 0 atom stereocenters. The van der Waals surface area contributed by atoms with Gasteiger partial charge in [-0.05, 0) is 0 Å². The first-order valence-corrected chi connectivity index (χ1v) is 5.13. The van der Waals surface area contributed by atoms with Gasteiger partial charge in [-0.2, -0.15) is 17.9 Å². The Morgan fingerprint density at radius 3 is 2.29 bits per heavy atom. The molecule has 2 aromatic rings. The third-order valence-electron chi connectivity index (χ3n) is 2.53. The molecule has 0 aliphatic rings. The van der Waals surface area contributed by atoms with E-state index in [1.807, 2.05) is 0 Å².